The Hall–Kier alpha value is -1.16. The maximum absolute atomic E-state index is 11.3. The second kappa shape index (κ2) is 4.78. The number of H-pyrrole nitrogens is 1. The molecule has 0 aliphatic carbocycles. The van der Waals surface area contributed by atoms with Crippen LogP contribution in [-0.2, 0) is 6.42 Å². The van der Waals surface area contributed by atoms with Crippen LogP contribution in [0.25, 0.3) is 0 Å². The average molecular weight is 221 g/mol. The number of piperidine rings is 1. The van der Waals surface area contributed by atoms with E-state index in [0.29, 0.717) is 5.92 Å². The van der Waals surface area contributed by atoms with Gasteiger partial charge in [-0.15, -0.1) is 0 Å². The van der Waals surface area contributed by atoms with E-state index in [4.69, 9.17) is 0 Å². The van der Waals surface area contributed by atoms with Crippen molar-refractivity contribution in [1.29, 1.82) is 0 Å². The van der Waals surface area contributed by atoms with Crippen LogP contribution in [0.3, 0.4) is 0 Å². The number of nitrogens with zero attached hydrogens (tertiary/aromatic N) is 1. The average Bonchev–Trinajstić information content (AvgIpc) is 2.27. The van der Waals surface area contributed by atoms with Gasteiger partial charge in [0.25, 0.3) is 0 Å². The molecule has 0 saturated carbocycles. The van der Waals surface area contributed by atoms with E-state index < -0.39 is 0 Å². The second-order valence-electron chi connectivity index (χ2n) is 4.66. The van der Waals surface area contributed by atoms with Crippen molar-refractivity contribution in [1.82, 2.24) is 15.3 Å². The summed E-state index contributed by atoms with van der Waals surface area (Å²) in [6.45, 7) is 6.13. The normalized spacial score (nSPS) is 21.0. The highest BCUT2D eigenvalue weighted by Crippen LogP contribution is 2.17. The maximum Gasteiger partial charge on any atom is 0.345 e. The summed E-state index contributed by atoms with van der Waals surface area (Å²) < 4.78 is 0. The van der Waals surface area contributed by atoms with Gasteiger partial charge in [-0.3, -0.25) is 0 Å². The molecule has 1 aromatic heterocycles. The summed E-state index contributed by atoms with van der Waals surface area (Å²) in [6, 6.07) is 0. The third kappa shape index (κ3) is 2.50. The lowest BCUT2D eigenvalue weighted by Crippen LogP contribution is -2.31. The molecule has 4 nitrogen and oxygen atoms in total. The van der Waals surface area contributed by atoms with Gasteiger partial charge in [0.15, 0.2) is 0 Å². The zero-order valence-electron chi connectivity index (χ0n) is 9.97. The van der Waals surface area contributed by atoms with E-state index in [0.717, 1.165) is 36.5 Å². The quantitative estimate of drug-likeness (QED) is 0.781. The summed E-state index contributed by atoms with van der Waals surface area (Å²) in [5.41, 5.74) is 2.82. The zero-order valence-corrected chi connectivity index (χ0v) is 9.97. The van der Waals surface area contributed by atoms with Gasteiger partial charge in [-0.05, 0) is 57.7 Å². The van der Waals surface area contributed by atoms with E-state index >= 15 is 0 Å². The topological polar surface area (TPSA) is 57.8 Å². The first-order valence-electron chi connectivity index (χ1n) is 5.94. The summed E-state index contributed by atoms with van der Waals surface area (Å²) >= 11 is 0. The molecule has 2 N–H and O–H groups in total. The fourth-order valence-corrected chi connectivity index (χ4v) is 2.28. The second-order valence-corrected chi connectivity index (χ2v) is 4.66. The number of hydrogen-bond donors (Lipinski definition) is 2. The number of hydrogen-bond acceptors (Lipinski definition) is 3. The number of aryl methyl sites for hydroxylation is 1. The predicted molar refractivity (Wildman–Crippen MR) is 63.6 cm³/mol. The molecule has 1 saturated heterocycles. The molecule has 0 amide bonds. The minimum Gasteiger partial charge on any atom is -0.316 e. The van der Waals surface area contributed by atoms with Gasteiger partial charge in [-0.1, -0.05) is 0 Å². The van der Waals surface area contributed by atoms with Crippen LogP contribution in [0.2, 0.25) is 0 Å². The van der Waals surface area contributed by atoms with Crippen molar-refractivity contribution in [2.24, 2.45) is 5.92 Å². The van der Waals surface area contributed by atoms with Gasteiger partial charge < -0.3 is 10.3 Å². The van der Waals surface area contributed by atoms with E-state index in [-0.39, 0.29) is 5.69 Å². The lowest BCUT2D eigenvalue weighted by atomic mass is 9.93. The molecule has 4 heteroatoms. The largest absolute Gasteiger partial charge is 0.345 e. The van der Waals surface area contributed by atoms with E-state index in [1.54, 1.807) is 0 Å². The Morgan fingerprint density at radius 2 is 2.25 bits per heavy atom. The monoisotopic (exact) mass is 221 g/mol. The molecular formula is C12H19N3O. The van der Waals surface area contributed by atoms with Gasteiger partial charge >= 0.3 is 5.69 Å². The molecule has 0 spiro atoms. The molecule has 0 aromatic carbocycles. The van der Waals surface area contributed by atoms with Crippen molar-refractivity contribution in [2.45, 2.75) is 33.1 Å². The van der Waals surface area contributed by atoms with Crippen molar-refractivity contribution >= 4 is 0 Å². The highest BCUT2D eigenvalue weighted by molar-refractivity contribution is 5.22. The van der Waals surface area contributed by atoms with Crippen molar-refractivity contribution in [3.05, 3.63) is 27.4 Å². The fourth-order valence-electron chi connectivity index (χ4n) is 2.28. The standard InChI is InChI=1S/C12H19N3O/c1-8-9(2)14-12(16)15-11(8)6-10-4-3-5-13-7-10/h10,13H,3-7H2,1-2H3,(H,14,15,16). The Kier molecular flexibility index (Phi) is 3.39. The first-order chi connectivity index (χ1) is 7.66. The Bertz CT molecular complexity index is 419. The van der Waals surface area contributed by atoms with Gasteiger partial charge in [0.1, 0.15) is 0 Å². The minimum atomic E-state index is -0.220. The smallest absolute Gasteiger partial charge is 0.316 e. The van der Waals surface area contributed by atoms with Crippen molar-refractivity contribution < 1.29 is 0 Å². The van der Waals surface area contributed by atoms with Crippen molar-refractivity contribution in [3.8, 4) is 0 Å². The minimum absolute atomic E-state index is 0.220. The van der Waals surface area contributed by atoms with Crippen molar-refractivity contribution in [3.63, 3.8) is 0 Å². The SMILES string of the molecule is Cc1[nH]c(=O)nc(CC2CCCNC2)c1C. The van der Waals surface area contributed by atoms with E-state index in [1.807, 2.05) is 13.8 Å². The van der Waals surface area contributed by atoms with Crippen LogP contribution < -0.4 is 11.0 Å². The number of aromatic amines is 1. The molecule has 1 atom stereocenters. The Balaban J connectivity index is 2.16. The Morgan fingerprint density at radius 3 is 2.94 bits per heavy atom. The van der Waals surface area contributed by atoms with Crippen molar-refractivity contribution in [2.75, 3.05) is 13.1 Å². The molecule has 2 rings (SSSR count). The van der Waals surface area contributed by atoms with Gasteiger partial charge in [-0.25, -0.2) is 4.79 Å². The highest BCUT2D eigenvalue weighted by atomic mass is 16.1. The van der Waals surface area contributed by atoms with Crippen LogP contribution in [0.5, 0.6) is 0 Å². The van der Waals surface area contributed by atoms with Crippen LogP contribution in [0.4, 0.5) is 0 Å². The molecule has 88 valence electrons. The first kappa shape index (κ1) is 11.3. The Morgan fingerprint density at radius 1 is 1.44 bits per heavy atom. The summed E-state index contributed by atoms with van der Waals surface area (Å²) in [6.07, 6.45) is 3.38. The first-order valence-corrected chi connectivity index (χ1v) is 5.94. The highest BCUT2D eigenvalue weighted by Gasteiger charge is 2.16. The molecule has 1 aliphatic rings. The summed E-state index contributed by atoms with van der Waals surface area (Å²) in [5, 5.41) is 3.39. The zero-order chi connectivity index (χ0) is 11.5. The molecule has 1 aliphatic heterocycles. The maximum atomic E-state index is 11.3. The molecule has 2 heterocycles. The number of nitrogens with one attached hydrogen (secondary N) is 2. The Labute approximate surface area is 95.5 Å². The number of rotatable bonds is 2. The summed E-state index contributed by atoms with van der Waals surface area (Å²) in [7, 11) is 0. The number of aromatic nitrogens is 2. The summed E-state index contributed by atoms with van der Waals surface area (Å²) in [5.74, 6) is 0.626. The van der Waals surface area contributed by atoms with Crippen LogP contribution >= 0.6 is 0 Å². The molecule has 0 bridgehead atoms. The molecule has 16 heavy (non-hydrogen) atoms. The molecular weight excluding hydrogens is 202 g/mol. The molecule has 1 unspecified atom stereocenters. The lowest BCUT2D eigenvalue weighted by Gasteiger charge is -2.22. The van der Waals surface area contributed by atoms with Gasteiger partial charge in [0.2, 0.25) is 0 Å². The third-order valence-electron chi connectivity index (χ3n) is 3.41. The van der Waals surface area contributed by atoms with Crippen LogP contribution in [0, 0.1) is 19.8 Å². The van der Waals surface area contributed by atoms with E-state index in [9.17, 15) is 4.79 Å². The predicted octanol–water partition coefficient (Wildman–Crippen LogP) is 0.929. The van der Waals surface area contributed by atoms with Gasteiger partial charge in [0, 0.05) is 5.69 Å². The van der Waals surface area contributed by atoms with Gasteiger partial charge in [-0.2, -0.15) is 4.98 Å². The van der Waals surface area contributed by atoms with E-state index in [1.165, 1.54) is 12.8 Å². The van der Waals surface area contributed by atoms with Crippen LogP contribution in [0.15, 0.2) is 4.79 Å². The molecule has 0 radical (unpaired) electrons. The van der Waals surface area contributed by atoms with E-state index in [2.05, 4.69) is 15.3 Å². The molecule has 1 fully saturated rings. The third-order valence-corrected chi connectivity index (χ3v) is 3.41. The summed E-state index contributed by atoms with van der Waals surface area (Å²) in [4.78, 5) is 18.1. The van der Waals surface area contributed by atoms with Crippen LogP contribution in [-0.4, -0.2) is 23.1 Å². The lowest BCUT2D eigenvalue weighted by molar-refractivity contribution is 0.372. The van der Waals surface area contributed by atoms with Gasteiger partial charge in [0.05, 0.1) is 5.69 Å². The van der Waals surface area contributed by atoms with Crippen LogP contribution in [0.1, 0.15) is 29.8 Å². The fraction of sp³-hybridized carbons (Fsp3) is 0.667. The molecule has 1 aromatic rings.